The van der Waals surface area contributed by atoms with Gasteiger partial charge in [0.25, 0.3) is 5.56 Å². The Balaban J connectivity index is 1.70. The number of ether oxygens (including phenoxy) is 1. The molecule has 0 unspecified atom stereocenters. The summed E-state index contributed by atoms with van der Waals surface area (Å²) in [6.45, 7) is 6.06. The summed E-state index contributed by atoms with van der Waals surface area (Å²) in [7, 11) is -3.74. The van der Waals surface area contributed by atoms with Gasteiger partial charge in [0.1, 0.15) is 11.4 Å². The van der Waals surface area contributed by atoms with Gasteiger partial charge in [-0.1, -0.05) is 17.3 Å². The fourth-order valence-electron chi connectivity index (χ4n) is 3.64. The second kappa shape index (κ2) is 8.37. The molecule has 1 saturated heterocycles. The second-order valence-corrected chi connectivity index (χ2v) is 9.34. The molecule has 10 heteroatoms. The smallest absolute Gasteiger partial charge is 0.271 e. The summed E-state index contributed by atoms with van der Waals surface area (Å²) in [5, 5.41) is 8.31. The number of nitrogens with one attached hydrogen (secondary N) is 1. The lowest BCUT2D eigenvalue weighted by Crippen LogP contribution is -2.32. The Morgan fingerprint density at radius 3 is 2.68 bits per heavy atom. The predicted octanol–water partition coefficient (Wildman–Crippen LogP) is 2.27. The van der Waals surface area contributed by atoms with E-state index in [2.05, 4.69) is 15.0 Å². The van der Waals surface area contributed by atoms with Crippen LogP contribution < -0.4 is 10.3 Å². The van der Waals surface area contributed by atoms with Gasteiger partial charge in [-0.3, -0.25) is 4.79 Å². The molecule has 1 aliphatic heterocycles. The molecule has 0 saturated carbocycles. The fraction of sp³-hybridized carbons (Fsp3) is 0.381. The van der Waals surface area contributed by atoms with Crippen molar-refractivity contribution in [1.29, 1.82) is 0 Å². The number of sulfonamides is 1. The van der Waals surface area contributed by atoms with Crippen LogP contribution in [0.3, 0.4) is 0 Å². The second-order valence-electron chi connectivity index (χ2n) is 7.61. The Labute approximate surface area is 180 Å². The lowest BCUT2D eigenvalue weighted by molar-refractivity contribution is 0.114. The zero-order valence-electron chi connectivity index (χ0n) is 17.6. The van der Waals surface area contributed by atoms with Crippen molar-refractivity contribution >= 4 is 10.0 Å². The van der Waals surface area contributed by atoms with E-state index in [1.165, 1.54) is 10.7 Å². The lowest BCUT2D eigenvalue weighted by Gasteiger charge is -2.14. The first kappa shape index (κ1) is 21.4. The Morgan fingerprint density at radius 2 is 2.00 bits per heavy atom. The molecule has 0 bridgehead atoms. The largest absolute Gasteiger partial charge is 0.377 e. The number of hydrogen-bond acceptors (Lipinski definition) is 7. The normalized spacial score (nSPS) is 16.7. The topological polar surface area (TPSA) is 116 Å². The van der Waals surface area contributed by atoms with Crippen LogP contribution in [0.4, 0.5) is 0 Å². The number of hydrogen-bond donors (Lipinski definition) is 1. The van der Waals surface area contributed by atoms with E-state index >= 15 is 0 Å². The zero-order chi connectivity index (χ0) is 22.2. The Morgan fingerprint density at radius 1 is 1.19 bits per heavy atom. The maximum atomic E-state index is 12.9. The molecule has 1 N–H and O–H groups in total. The highest BCUT2D eigenvalue weighted by Crippen LogP contribution is 2.24. The SMILES string of the molecule is Cc1ccc(-c2ccc(=O)n(-c3c(C)noc3C)n2)cc1S(=O)(=O)NC[C@H]1CCCO1. The van der Waals surface area contributed by atoms with Crippen LogP contribution in [0.1, 0.15) is 29.9 Å². The molecule has 1 aromatic carbocycles. The first-order valence-electron chi connectivity index (χ1n) is 10.0. The van der Waals surface area contributed by atoms with Crippen LogP contribution in [0.15, 0.2) is 44.5 Å². The van der Waals surface area contributed by atoms with E-state index in [0.717, 1.165) is 12.8 Å². The van der Waals surface area contributed by atoms with E-state index in [0.29, 0.717) is 40.6 Å². The van der Waals surface area contributed by atoms with Crippen molar-refractivity contribution in [3.8, 4) is 16.9 Å². The Kier molecular flexibility index (Phi) is 5.78. The molecule has 0 spiro atoms. The van der Waals surface area contributed by atoms with E-state index in [-0.39, 0.29) is 23.1 Å². The standard InChI is InChI=1S/C21H24N4O5S/c1-13-6-7-16(11-19(13)31(27,28)22-12-17-5-4-10-29-17)18-8-9-20(26)25(23-18)21-14(2)24-30-15(21)3/h6-9,11,17,22H,4-5,10,12H2,1-3H3/t17-/m1/s1. The first-order valence-corrected chi connectivity index (χ1v) is 11.5. The molecule has 9 nitrogen and oxygen atoms in total. The number of rotatable bonds is 6. The van der Waals surface area contributed by atoms with Crippen molar-refractivity contribution in [3.05, 3.63) is 57.7 Å². The average Bonchev–Trinajstić information content (AvgIpc) is 3.37. The first-order chi connectivity index (χ1) is 14.8. The number of benzene rings is 1. The molecule has 3 heterocycles. The van der Waals surface area contributed by atoms with Crippen molar-refractivity contribution in [2.24, 2.45) is 0 Å². The molecular weight excluding hydrogens is 420 g/mol. The van der Waals surface area contributed by atoms with E-state index in [4.69, 9.17) is 9.26 Å². The molecule has 0 amide bonds. The Hall–Kier alpha value is -2.82. The maximum absolute atomic E-state index is 12.9. The molecule has 2 aromatic heterocycles. The summed E-state index contributed by atoms with van der Waals surface area (Å²) in [5.74, 6) is 0.467. The summed E-state index contributed by atoms with van der Waals surface area (Å²) in [4.78, 5) is 12.6. The zero-order valence-corrected chi connectivity index (χ0v) is 18.4. The van der Waals surface area contributed by atoms with Crippen molar-refractivity contribution in [2.75, 3.05) is 13.2 Å². The molecule has 164 valence electrons. The van der Waals surface area contributed by atoms with E-state index < -0.39 is 10.0 Å². The van der Waals surface area contributed by atoms with E-state index in [1.807, 2.05) is 0 Å². The average molecular weight is 445 g/mol. The highest BCUT2D eigenvalue weighted by Gasteiger charge is 2.22. The summed E-state index contributed by atoms with van der Waals surface area (Å²) >= 11 is 0. The lowest BCUT2D eigenvalue weighted by atomic mass is 10.1. The minimum Gasteiger partial charge on any atom is -0.377 e. The Bertz CT molecular complexity index is 1250. The molecule has 31 heavy (non-hydrogen) atoms. The van der Waals surface area contributed by atoms with Crippen LogP contribution in [0.25, 0.3) is 16.9 Å². The maximum Gasteiger partial charge on any atom is 0.271 e. The van der Waals surface area contributed by atoms with Gasteiger partial charge in [0.15, 0.2) is 5.76 Å². The number of aromatic nitrogens is 3. The molecular formula is C21H24N4O5S. The van der Waals surface area contributed by atoms with Gasteiger partial charge in [0.05, 0.1) is 16.7 Å². The minimum absolute atomic E-state index is 0.0986. The minimum atomic E-state index is -3.74. The summed E-state index contributed by atoms with van der Waals surface area (Å²) in [5.41, 5.74) is 2.32. The number of nitrogens with zero attached hydrogens (tertiary/aromatic N) is 3. The van der Waals surface area contributed by atoms with Gasteiger partial charge in [-0.25, -0.2) is 13.1 Å². The van der Waals surface area contributed by atoms with Gasteiger partial charge in [0, 0.05) is 24.8 Å². The van der Waals surface area contributed by atoms with Crippen molar-refractivity contribution in [2.45, 2.75) is 44.6 Å². The van der Waals surface area contributed by atoms with Gasteiger partial charge >= 0.3 is 0 Å². The third kappa shape index (κ3) is 4.32. The van der Waals surface area contributed by atoms with Crippen molar-refractivity contribution < 1.29 is 17.7 Å². The fourth-order valence-corrected chi connectivity index (χ4v) is 4.98. The highest BCUT2D eigenvalue weighted by atomic mass is 32.2. The monoisotopic (exact) mass is 444 g/mol. The van der Waals surface area contributed by atoms with Gasteiger partial charge < -0.3 is 9.26 Å². The number of aryl methyl sites for hydroxylation is 3. The van der Waals surface area contributed by atoms with Gasteiger partial charge in [0.2, 0.25) is 10.0 Å². The van der Waals surface area contributed by atoms with Crippen molar-refractivity contribution in [3.63, 3.8) is 0 Å². The quantitative estimate of drug-likeness (QED) is 0.620. The third-order valence-electron chi connectivity index (χ3n) is 5.31. The molecule has 1 aliphatic rings. The van der Waals surface area contributed by atoms with Crippen LogP contribution in [0, 0.1) is 20.8 Å². The molecule has 0 aliphatic carbocycles. The van der Waals surface area contributed by atoms with Gasteiger partial charge in [-0.05, 0) is 51.3 Å². The van der Waals surface area contributed by atoms with Crippen LogP contribution in [0.5, 0.6) is 0 Å². The molecule has 4 rings (SSSR count). The third-order valence-corrected chi connectivity index (χ3v) is 6.87. The highest BCUT2D eigenvalue weighted by molar-refractivity contribution is 7.89. The summed E-state index contributed by atoms with van der Waals surface area (Å²) in [6.07, 6.45) is 1.68. The van der Waals surface area contributed by atoms with E-state index in [9.17, 15) is 13.2 Å². The molecule has 1 fully saturated rings. The van der Waals surface area contributed by atoms with Gasteiger partial charge in [-0.15, -0.1) is 0 Å². The van der Waals surface area contributed by atoms with Crippen LogP contribution in [-0.2, 0) is 14.8 Å². The molecule has 1 atom stereocenters. The summed E-state index contributed by atoms with van der Waals surface area (Å²) < 4.78 is 40.4. The predicted molar refractivity (Wildman–Crippen MR) is 114 cm³/mol. The summed E-state index contributed by atoms with van der Waals surface area (Å²) in [6, 6.07) is 8.02. The van der Waals surface area contributed by atoms with Crippen LogP contribution >= 0.6 is 0 Å². The van der Waals surface area contributed by atoms with Crippen LogP contribution in [-0.4, -0.2) is 42.6 Å². The van der Waals surface area contributed by atoms with E-state index in [1.54, 1.807) is 45.0 Å². The van der Waals surface area contributed by atoms with Crippen LogP contribution in [0.2, 0.25) is 0 Å². The van der Waals surface area contributed by atoms with Crippen molar-refractivity contribution in [1.82, 2.24) is 19.7 Å². The van der Waals surface area contributed by atoms with Gasteiger partial charge in [-0.2, -0.15) is 9.78 Å². The molecule has 0 radical (unpaired) electrons. The molecule has 3 aromatic rings.